The summed E-state index contributed by atoms with van der Waals surface area (Å²) in [4.78, 5) is 37.2. The lowest BCUT2D eigenvalue weighted by Gasteiger charge is -2.10. The third-order valence-corrected chi connectivity index (χ3v) is 3.19. The van der Waals surface area contributed by atoms with Gasteiger partial charge in [0.25, 0.3) is 0 Å². The number of ether oxygens (including phenoxy) is 1. The van der Waals surface area contributed by atoms with E-state index >= 15 is 0 Å². The Morgan fingerprint density at radius 1 is 1.36 bits per heavy atom. The average molecular weight is 323 g/mol. The summed E-state index contributed by atoms with van der Waals surface area (Å²) in [5.74, 6) is -0.349. The van der Waals surface area contributed by atoms with Crippen molar-refractivity contribution >= 4 is 40.8 Å². The summed E-state index contributed by atoms with van der Waals surface area (Å²) in [6.07, 6.45) is 0.357. The molecule has 0 heterocycles. The summed E-state index contributed by atoms with van der Waals surface area (Å²) in [6, 6.07) is 5.77. The number of hydrogen-bond acceptors (Lipinski definition) is 6. The highest BCUT2D eigenvalue weighted by atomic mass is 32.2. The van der Waals surface area contributed by atoms with Crippen molar-refractivity contribution in [1.29, 1.82) is 0 Å². The fourth-order valence-electron chi connectivity index (χ4n) is 1.42. The summed E-state index contributed by atoms with van der Waals surface area (Å²) >= 11 is 0.752. The summed E-state index contributed by atoms with van der Waals surface area (Å²) in [5.41, 5.74) is 6.76. The number of nitrogens with two attached hydrogens (primary N) is 1. The van der Waals surface area contributed by atoms with Crippen LogP contribution in [0.25, 0.3) is 0 Å². The standard InChI is InChI=1S/C14H17N3O4S/c1-9(2)17-10-3-5-11(6-4-10)21-14(20)22-7-12(13(15)19)16-8-18/h3-6,8,12H,7H2,1-2H3,(H2,15,19)(H,16,18). The molecule has 0 aliphatic carbocycles. The third-order valence-electron chi connectivity index (χ3n) is 2.37. The second-order valence-corrected chi connectivity index (χ2v) is 5.41. The van der Waals surface area contributed by atoms with Crippen molar-refractivity contribution in [3.8, 4) is 5.75 Å². The first-order valence-corrected chi connectivity index (χ1v) is 7.36. The van der Waals surface area contributed by atoms with Gasteiger partial charge in [0.05, 0.1) is 5.69 Å². The van der Waals surface area contributed by atoms with Gasteiger partial charge in [0.2, 0.25) is 12.3 Å². The van der Waals surface area contributed by atoms with Gasteiger partial charge in [0.15, 0.2) is 0 Å². The Hall–Kier alpha value is -2.35. The summed E-state index contributed by atoms with van der Waals surface area (Å²) < 4.78 is 5.09. The fraction of sp³-hybridized carbons (Fsp3) is 0.286. The van der Waals surface area contributed by atoms with Crippen molar-refractivity contribution in [2.75, 3.05) is 5.75 Å². The van der Waals surface area contributed by atoms with E-state index in [1.54, 1.807) is 24.3 Å². The van der Waals surface area contributed by atoms with Gasteiger partial charge in [0.1, 0.15) is 11.8 Å². The van der Waals surface area contributed by atoms with Crippen LogP contribution in [0, 0.1) is 0 Å². The maximum Gasteiger partial charge on any atom is 0.372 e. The average Bonchev–Trinajstić information content (AvgIpc) is 2.44. The lowest BCUT2D eigenvalue weighted by atomic mass is 10.3. The van der Waals surface area contributed by atoms with Gasteiger partial charge >= 0.3 is 5.30 Å². The van der Waals surface area contributed by atoms with Crippen molar-refractivity contribution in [2.24, 2.45) is 10.7 Å². The van der Waals surface area contributed by atoms with Crippen LogP contribution in [0.2, 0.25) is 0 Å². The summed E-state index contributed by atoms with van der Waals surface area (Å²) in [7, 11) is 0. The molecule has 7 nitrogen and oxygen atoms in total. The van der Waals surface area contributed by atoms with Gasteiger partial charge in [0, 0.05) is 11.5 Å². The van der Waals surface area contributed by atoms with Crippen LogP contribution in [0.15, 0.2) is 29.3 Å². The van der Waals surface area contributed by atoms with Gasteiger partial charge in [-0.05, 0) is 49.9 Å². The second-order valence-electron chi connectivity index (χ2n) is 4.46. The molecule has 0 aliphatic rings. The maximum atomic E-state index is 11.7. The molecule has 1 aromatic carbocycles. The van der Waals surface area contributed by atoms with Crippen LogP contribution in [0.4, 0.5) is 10.5 Å². The van der Waals surface area contributed by atoms with Crippen LogP contribution in [-0.2, 0) is 9.59 Å². The second kappa shape index (κ2) is 8.83. The van der Waals surface area contributed by atoms with E-state index < -0.39 is 17.3 Å². The van der Waals surface area contributed by atoms with Crippen molar-refractivity contribution in [3.05, 3.63) is 24.3 Å². The number of nitrogens with zero attached hydrogens (tertiary/aromatic N) is 1. The molecule has 0 bridgehead atoms. The molecule has 1 atom stereocenters. The quantitative estimate of drug-likeness (QED) is 0.450. The van der Waals surface area contributed by atoms with Crippen LogP contribution in [-0.4, -0.2) is 35.1 Å². The number of carbonyl (C=O) groups is 3. The number of primary amides is 1. The molecule has 1 aromatic rings. The molecule has 22 heavy (non-hydrogen) atoms. The molecule has 0 spiro atoms. The first-order valence-electron chi connectivity index (χ1n) is 6.38. The van der Waals surface area contributed by atoms with Gasteiger partial charge in [-0.2, -0.15) is 0 Å². The van der Waals surface area contributed by atoms with Crippen LogP contribution in [0.1, 0.15) is 13.8 Å². The van der Waals surface area contributed by atoms with E-state index in [4.69, 9.17) is 10.5 Å². The van der Waals surface area contributed by atoms with Crippen LogP contribution in [0.3, 0.4) is 0 Å². The molecule has 2 amide bonds. The minimum Gasteiger partial charge on any atom is -0.418 e. The zero-order chi connectivity index (χ0) is 16.5. The third kappa shape index (κ3) is 6.40. The number of nitrogens with one attached hydrogen (secondary N) is 1. The smallest absolute Gasteiger partial charge is 0.372 e. The lowest BCUT2D eigenvalue weighted by Crippen LogP contribution is -2.42. The van der Waals surface area contributed by atoms with Gasteiger partial charge < -0.3 is 15.8 Å². The molecule has 0 saturated carbocycles. The molecular formula is C14H17N3O4S. The minimum atomic E-state index is -0.917. The highest BCUT2D eigenvalue weighted by Gasteiger charge is 2.17. The number of benzene rings is 1. The highest BCUT2D eigenvalue weighted by Crippen LogP contribution is 2.20. The maximum absolute atomic E-state index is 11.7. The van der Waals surface area contributed by atoms with E-state index in [0.717, 1.165) is 23.2 Å². The number of hydrogen-bond donors (Lipinski definition) is 2. The van der Waals surface area contributed by atoms with Crippen molar-refractivity contribution in [3.63, 3.8) is 0 Å². The summed E-state index contributed by atoms with van der Waals surface area (Å²) in [6.45, 7) is 3.76. The zero-order valence-corrected chi connectivity index (χ0v) is 13.1. The van der Waals surface area contributed by atoms with Crippen molar-refractivity contribution < 1.29 is 19.1 Å². The monoisotopic (exact) mass is 323 g/mol. The van der Waals surface area contributed by atoms with E-state index in [2.05, 4.69) is 10.3 Å². The van der Waals surface area contributed by atoms with Crippen molar-refractivity contribution in [1.82, 2.24) is 5.32 Å². The van der Waals surface area contributed by atoms with Gasteiger partial charge in [-0.1, -0.05) is 0 Å². The molecule has 0 aromatic heterocycles. The van der Waals surface area contributed by atoms with E-state index in [-0.39, 0.29) is 5.75 Å². The Morgan fingerprint density at radius 2 is 2.00 bits per heavy atom. The number of aliphatic imine (C=N–C) groups is 1. The largest absolute Gasteiger partial charge is 0.418 e. The van der Waals surface area contributed by atoms with E-state index in [1.807, 2.05) is 13.8 Å². The zero-order valence-electron chi connectivity index (χ0n) is 12.2. The number of amides is 2. The predicted molar refractivity (Wildman–Crippen MR) is 85.5 cm³/mol. The van der Waals surface area contributed by atoms with Crippen LogP contribution in [0.5, 0.6) is 5.75 Å². The van der Waals surface area contributed by atoms with Crippen molar-refractivity contribution in [2.45, 2.75) is 19.9 Å². The van der Waals surface area contributed by atoms with E-state index in [9.17, 15) is 14.4 Å². The minimum absolute atomic E-state index is 0.00428. The van der Waals surface area contributed by atoms with Crippen LogP contribution >= 0.6 is 11.8 Å². The molecular weight excluding hydrogens is 306 g/mol. The first kappa shape index (κ1) is 17.7. The molecule has 8 heteroatoms. The van der Waals surface area contributed by atoms with Gasteiger partial charge in [-0.25, -0.2) is 4.79 Å². The number of thioether (sulfide) groups is 1. The Bertz CT molecular complexity index is 568. The molecule has 1 unspecified atom stereocenters. The molecule has 118 valence electrons. The number of carbonyl (C=O) groups excluding carboxylic acids is 3. The normalized spacial score (nSPS) is 11.2. The predicted octanol–water partition coefficient (Wildman–Crippen LogP) is 1.63. The van der Waals surface area contributed by atoms with Gasteiger partial charge in [-0.3, -0.25) is 14.6 Å². The number of rotatable bonds is 7. The van der Waals surface area contributed by atoms with E-state index in [0.29, 0.717) is 12.2 Å². The Morgan fingerprint density at radius 3 is 2.50 bits per heavy atom. The molecule has 3 N–H and O–H groups in total. The molecule has 0 saturated heterocycles. The lowest BCUT2D eigenvalue weighted by molar-refractivity contribution is -0.122. The topological polar surface area (TPSA) is 111 Å². The first-order chi connectivity index (χ1) is 10.4. The molecule has 0 aliphatic heterocycles. The Labute approximate surface area is 132 Å². The Kier molecular flexibility index (Phi) is 7.11. The van der Waals surface area contributed by atoms with Gasteiger partial charge in [-0.15, -0.1) is 0 Å². The fourth-order valence-corrected chi connectivity index (χ4v) is 2.14. The van der Waals surface area contributed by atoms with E-state index in [1.165, 1.54) is 0 Å². The highest BCUT2D eigenvalue weighted by molar-refractivity contribution is 8.13. The molecule has 0 radical (unpaired) electrons. The SMILES string of the molecule is CC(C)=Nc1ccc(OC(=O)SCC(NC=O)C(N)=O)cc1. The molecule has 1 rings (SSSR count). The van der Waals surface area contributed by atoms with Crippen LogP contribution < -0.4 is 15.8 Å². The summed E-state index contributed by atoms with van der Waals surface area (Å²) in [5, 5.41) is 1.63. The Balaban J connectivity index is 2.52. The molecule has 0 fully saturated rings.